The molecule has 5 heteroatoms. The highest BCUT2D eigenvalue weighted by Crippen LogP contribution is 2.20. The first-order valence-corrected chi connectivity index (χ1v) is 7.32. The predicted octanol–water partition coefficient (Wildman–Crippen LogP) is 1.93. The maximum absolute atomic E-state index is 5.66. The fraction of sp³-hybridized carbons (Fsp3) is 0.733. The summed E-state index contributed by atoms with van der Waals surface area (Å²) in [6.45, 7) is 12.1. The summed E-state index contributed by atoms with van der Waals surface area (Å²) in [7, 11) is 0. The van der Waals surface area contributed by atoms with Crippen molar-refractivity contribution >= 4 is 0 Å². The Morgan fingerprint density at radius 2 is 1.90 bits per heavy atom. The molecule has 5 nitrogen and oxygen atoms in total. The molecule has 20 heavy (non-hydrogen) atoms. The van der Waals surface area contributed by atoms with E-state index in [1.165, 1.54) is 5.56 Å². The summed E-state index contributed by atoms with van der Waals surface area (Å²) < 4.78 is 11.1. The Hall–Kier alpha value is -1.04. The lowest BCUT2D eigenvalue weighted by atomic mass is 10.1. The first-order chi connectivity index (χ1) is 9.58. The Kier molecular flexibility index (Phi) is 5.46. The molecular formula is C15H25N3O2. The lowest BCUT2D eigenvalue weighted by molar-refractivity contribution is -0.0936. The van der Waals surface area contributed by atoms with E-state index in [4.69, 9.17) is 9.47 Å². The number of aryl methyl sites for hydroxylation is 2. The minimum absolute atomic E-state index is 0.126. The number of nitrogens with one attached hydrogen (secondary N) is 1. The van der Waals surface area contributed by atoms with Crippen LogP contribution in [0.4, 0.5) is 0 Å². The van der Waals surface area contributed by atoms with E-state index in [9.17, 15) is 0 Å². The number of rotatable bonds is 5. The van der Waals surface area contributed by atoms with Gasteiger partial charge in [-0.15, -0.1) is 0 Å². The highest BCUT2D eigenvalue weighted by atomic mass is 16.6. The van der Waals surface area contributed by atoms with Gasteiger partial charge in [-0.05, 0) is 26.3 Å². The van der Waals surface area contributed by atoms with Crippen molar-refractivity contribution < 1.29 is 9.47 Å². The number of ether oxygens (including phenoxy) is 2. The lowest BCUT2D eigenvalue weighted by Crippen LogP contribution is -2.25. The molecule has 0 amide bonds. The van der Waals surface area contributed by atoms with E-state index in [-0.39, 0.29) is 6.10 Å². The van der Waals surface area contributed by atoms with E-state index in [0.717, 1.165) is 30.3 Å². The Bertz CT molecular complexity index is 420. The van der Waals surface area contributed by atoms with Crippen LogP contribution < -0.4 is 5.32 Å². The van der Waals surface area contributed by atoms with Gasteiger partial charge in [0.1, 0.15) is 6.10 Å². The molecule has 1 aromatic rings. The first-order valence-electron chi connectivity index (χ1n) is 7.32. The normalized spacial score (nSPS) is 19.6. The van der Waals surface area contributed by atoms with Gasteiger partial charge in [-0.1, -0.05) is 13.8 Å². The van der Waals surface area contributed by atoms with Crippen molar-refractivity contribution in [1.82, 2.24) is 15.3 Å². The van der Waals surface area contributed by atoms with E-state index in [2.05, 4.69) is 29.1 Å². The molecule has 0 aliphatic carbocycles. The topological polar surface area (TPSA) is 56.3 Å². The minimum atomic E-state index is -0.126. The molecule has 1 atom stereocenters. The van der Waals surface area contributed by atoms with E-state index >= 15 is 0 Å². The largest absolute Gasteiger partial charge is 0.376 e. The molecule has 1 fully saturated rings. The molecule has 0 spiro atoms. The minimum Gasteiger partial charge on any atom is -0.376 e. The lowest BCUT2D eigenvalue weighted by Gasteiger charge is -2.23. The van der Waals surface area contributed by atoms with Gasteiger partial charge in [0.25, 0.3) is 0 Å². The van der Waals surface area contributed by atoms with Gasteiger partial charge in [-0.2, -0.15) is 0 Å². The molecule has 1 aliphatic heterocycles. The molecule has 1 aliphatic rings. The van der Waals surface area contributed by atoms with Crippen molar-refractivity contribution in [2.75, 3.05) is 26.4 Å². The number of aromatic nitrogens is 2. The van der Waals surface area contributed by atoms with Crippen molar-refractivity contribution in [3.63, 3.8) is 0 Å². The molecule has 0 saturated carbocycles. The molecule has 2 rings (SSSR count). The van der Waals surface area contributed by atoms with Crippen LogP contribution in [0.5, 0.6) is 0 Å². The quantitative estimate of drug-likeness (QED) is 0.892. The maximum atomic E-state index is 5.66. The molecular weight excluding hydrogens is 254 g/mol. The van der Waals surface area contributed by atoms with Crippen LogP contribution in [0.25, 0.3) is 0 Å². The van der Waals surface area contributed by atoms with Crippen LogP contribution in [0.15, 0.2) is 0 Å². The van der Waals surface area contributed by atoms with Crippen LogP contribution in [0, 0.1) is 19.8 Å². The van der Waals surface area contributed by atoms with Crippen molar-refractivity contribution in [1.29, 1.82) is 0 Å². The smallest absolute Gasteiger partial charge is 0.160 e. The molecule has 1 saturated heterocycles. The summed E-state index contributed by atoms with van der Waals surface area (Å²) in [4.78, 5) is 9.20. The fourth-order valence-electron chi connectivity index (χ4n) is 2.29. The van der Waals surface area contributed by atoms with Gasteiger partial charge >= 0.3 is 0 Å². The third-order valence-corrected chi connectivity index (χ3v) is 3.40. The van der Waals surface area contributed by atoms with Crippen molar-refractivity contribution in [3.05, 3.63) is 22.8 Å². The number of hydrogen-bond donors (Lipinski definition) is 1. The van der Waals surface area contributed by atoms with Crippen LogP contribution in [0.2, 0.25) is 0 Å². The zero-order chi connectivity index (χ0) is 14.5. The van der Waals surface area contributed by atoms with Gasteiger partial charge in [-0.3, -0.25) is 0 Å². The molecule has 2 heterocycles. The zero-order valence-corrected chi connectivity index (χ0v) is 12.9. The van der Waals surface area contributed by atoms with Crippen LogP contribution in [-0.2, 0) is 16.0 Å². The molecule has 1 aromatic heterocycles. The second-order valence-electron chi connectivity index (χ2n) is 5.69. The number of hydrogen-bond acceptors (Lipinski definition) is 5. The van der Waals surface area contributed by atoms with Gasteiger partial charge in [0.2, 0.25) is 0 Å². The van der Waals surface area contributed by atoms with E-state index < -0.39 is 0 Å². The molecule has 1 unspecified atom stereocenters. The van der Waals surface area contributed by atoms with Gasteiger partial charge in [-0.25, -0.2) is 9.97 Å². The summed E-state index contributed by atoms with van der Waals surface area (Å²) in [6.07, 6.45) is -0.126. The third-order valence-electron chi connectivity index (χ3n) is 3.40. The molecule has 0 radical (unpaired) electrons. The monoisotopic (exact) mass is 279 g/mol. The van der Waals surface area contributed by atoms with E-state index in [1.807, 2.05) is 13.8 Å². The van der Waals surface area contributed by atoms with E-state index in [1.54, 1.807) is 0 Å². The molecule has 0 aromatic carbocycles. The Morgan fingerprint density at radius 3 is 2.45 bits per heavy atom. The molecule has 0 bridgehead atoms. The summed E-state index contributed by atoms with van der Waals surface area (Å²) >= 11 is 0. The summed E-state index contributed by atoms with van der Waals surface area (Å²) in [5.41, 5.74) is 3.24. The van der Waals surface area contributed by atoms with Crippen molar-refractivity contribution in [2.24, 2.45) is 5.92 Å². The Balaban J connectivity index is 2.07. The summed E-state index contributed by atoms with van der Waals surface area (Å²) in [5, 5.41) is 3.45. The Labute approximate surface area is 121 Å². The van der Waals surface area contributed by atoms with Gasteiger partial charge in [0, 0.05) is 23.5 Å². The van der Waals surface area contributed by atoms with Gasteiger partial charge in [0.15, 0.2) is 5.82 Å². The Morgan fingerprint density at radius 1 is 1.20 bits per heavy atom. The zero-order valence-electron chi connectivity index (χ0n) is 12.9. The van der Waals surface area contributed by atoms with E-state index in [0.29, 0.717) is 25.7 Å². The predicted molar refractivity (Wildman–Crippen MR) is 77.6 cm³/mol. The standard InChI is InChI=1S/C15H25N3O2/c1-10(2)7-16-8-13-11(3)17-15(18-12(13)4)14-9-19-5-6-20-14/h10,14,16H,5-9H2,1-4H3. The first kappa shape index (κ1) is 15.4. The van der Waals surface area contributed by atoms with Crippen molar-refractivity contribution in [2.45, 2.75) is 40.3 Å². The SMILES string of the molecule is Cc1nc(C2COCCO2)nc(C)c1CNCC(C)C. The van der Waals surface area contributed by atoms with Crippen LogP contribution in [0.3, 0.4) is 0 Å². The van der Waals surface area contributed by atoms with Gasteiger partial charge < -0.3 is 14.8 Å². The van der Waals surface area contributed by atoms with Crippen LogP contribution >= 0.6 is 0 Å². The highest BCUT2D eigenvalue weighted by Gasteiger charge is 2.21. The maximum Gasteiger partial charge on any atom is 0.160 e. The average molecular weight is 279 g/mol. The summed E-state index contributed by atoms with van der Waals surface area (Å²) in [6, 6.07) is 0. The third kappa shape index (κ3) is 3.98. The molecule has 1 N–H and O–H groups in total. The second kappa shape index (κ2) is 7.11. The van der Waals surface area contributed by atoms with Crippen LogP contribution in [0.1, 0.15) is 42.7 Å². The fourth-order valence-corrected chi connectivity index (χ4v) is 2.29. The molecule has 112 valence electrons. The van der Waals surface area contributed by atoms with Gasteiger partial charge in [0.05, 0.1) is 19.8 Å². The summed E-state index contributed by atoms with van der Waals surface area (Å²) in [5.74, 6) is 1.39. The van der Waals surface area contributed by atoms with Crippen molar-refractivity contribution in [3.8, 4) is 0 Å². The second-order valence-corrected chi connectivity index (χ2v) is 5.69. The average Bonchev–Trinajstić information content (AvgIpc) is 2.42. The highest BCUT2D eigenvalue weighted by molar-refractivity contribution is 5.24. The number of nitrogens with zero attached hydrogens (tertiary/aromatic N) is 2. The van der Waals surface area contributed by atoms with Crippen LogP contribution in [-0.4, -0.2) is 36.3 Å².